The van der Waals surface area contributed by atoms with Crippen molar-refractivity contribution in [3.05, 3.63) is 70.0 Å². The SMILES string of the molecule is Cc1cc(C)nc(NS(=O)(=O)c2ccc(NC(=O)c3cc(Br)ccc3OC(C)C)cc2)n1. The fourth-order valence-electron chi connectivity index (χ4n) is 2.90. The quantitative estimate of drug-likeness (QED) is 0.469. The number of hydrogen-bond donors (Lipinski definition) is 2. The van der Waals surface area contributed by atoms with Crippen LogP contribution in [0.1, 0.15) is 35.6 Å². The molecule has 3 rings (SSSR count). The van der Waals surface area contributed by atoms with E-state index in [0.717, 1.165) is 4.47 Å². The molecule has 0 aliphatic rings. The fraction of sp³-hybridized carbons (Fsp3) is 0.227. The molecule has 2 aromatic carbocycles. The third-order valence-corrected chi connectivity index (χ3v) is 6.02. The van der Waals surface area contributed by atoms with Crippen molar-refractivity contribution >= 4 is 43.5 Å². The summed E-state index contributed by atoms with van der Waals surface area (Å²) < 4.78 is 34.2. The largest absolute Gasteiger partial charge is 0.490 e. The van der Waals surface area contributed by atoms with E-state index in [1.165, 1.54) is 24.3 Å². The second kappa shape index (κ2) is 9.66. The summed E-state index contributed by atoms with van der Waals surface area (Å²) in [5.74, 6) is 0.0871. The number of carbonyl (C=O) groups excluding carboxylic acids is 1. The van der Waals surface area contributed by atoms with Gasteiger partial charge in [0.1, 0.15) is 5.75 Å². The van der Waals surface area contributed by atoms with E-state index in [-0.39, 0.29) is 22.9 Å². The number of carbonyl (C=O) groups is 1. The van der Waals surface area contributed by atoms with E-state index in [9.17, 15) is 13.2 Å². The zero-order valence-electron chi connectivity index (χ0n) is 18.0. The number of benzene rings is 2. The van der Waals surface area contributed by atoms with Crippen molar-refractivity contribution in [3.63, 3.8) is 0 Å². The molecule has 0 aliphatic carbocycles. The normalized spacial score (nSPS) is 11.3. The summed E-state index contributed by atoms with van der Waals surface area (Å²) in [6.07, 6.45) is -0.0964. The van der Waals surface area contributed by atoms with Gasteiger partial charge in [-0.25, -0.2) is 23.1 Å². The Morgan fingerprint density at radius 3 is 2.22 bits per heavy atom. The van der Waals surface area contributed by atoms with Crippen LogP contribution in [0.5, 0.6) is 5.75 Å². The smallest absolute Gasteiger partial charge is 0.264 e. The van der Waals surface area contributed by atoms with Crippen LogP contribution in [0.15, 0.2) is 57.9 Å². The van der Waals surface area contributed by atoms with Gasteiger partial charge in [0.15, 0.2) is 0 Å². The Morgan fingerprint density at radius 1 is 1.00 bits per heavy atom. The molecule has 3 aromatic rings. The molecule has 0 aliphatic heterocycles. The second-order valence-corrected chi connectivity index (χ2v) is 9.96. The van der Waals surface area contributed by atoms with Gasteiger partial charge in [-0.15, -0.1) is 0 Å². The topological polar surface area (TPSA) is 110 Å². The molecule has 0 radical (unpaired) electrons. The number of rotatable bonds is 7. The number of anilines is 2. The first-order chi connectivity index (χ1) is 15.0. The van der Waals surface area contributed by atoms with E-state index in [2.05, 4.69) is 35.9 Å². The lowest BCUT2D eigenvalue weighted by molar-refractivity contribution is 0.102. The van der Waals surface area contributed by atoms with Gasteiger partial charge in [-0.05, 0) is 76.2 Å². The third-order valence-electron chi connectivity index (χ3n) is 4.18. The highest BCUT2D eigenvalue weighted by atomic mass is 79.9. The number of nitrogens with one attached hydrogen (secondary N) is 2. The molecule has 1 amide bonds. The van der Waals surface area contributed by atoms with Crippen LogP contribution in [0.4, 0.5) is 11.6 Å². The van der Waals surface area contributed by atoms with Crippen LogP contribution >= 0.6 is 15.9 Å². The first-order valence-corrected chi connectivity index (χ1v) is 12.0. The Hall–Kier alpha value is -2.98. The number of halogens is 1. The summed E-state index contributed by atoms with van der Waals surface area (Å²) in [5, 5.41) is 2.76. The molecule has 1 aromatic heterocycles. The molecular formula is C22H23BrN4O4S. The summed E-state index contributed by atoms with van der Waals surface area (Å²) in [6, 6.07) is 12.7. The van der Waals surface area contributed by atoms with E-state index < -0.39 is 10.0 Å². The molecule has 0 saturated carbocycles. The van der Waals surface area contributed by atoms with Gasteiger partial charge in [-0.1, -0.05) is 15.9 Å². The zero-order valence-corrected chi connectivity index (χ0v) is 20.4. The van der Waals surface area contributed by atoms with E-state index >= 15 is 0 Å². The summed E-state index contributed by atoms with van der Waals surface area (Å²) in [6.45, 7) is 7.26. The van der Waals surface area contributed by atoms with Crippen LogP contribution in [0, 0.1) is 13.8 Å². The summed E-state index contributed by atoms with van der Waals surface area (Å²) >= 11 is 3.36. The van der Waals surface area contributed by atoms with Gasteiger partial charge in [0.2, 0.25) is 5.95 Å². The summed E-state index contributed by atoms with van der Waals surface area (Å²) in [7, 11) is -3.88. The lowest BCUT2D eigenvalue weighted by atomic mass is 10.1. The molecule has 0 saturated heterocycles. The maximum absolute atomic E-state index is 12.8. The maximum atomic E-state index is 12.8. The lowest BCUT2D eigenvalue weighted by Crippen LogP contribution is -2.17. The van der Waals surface area contributed by atoms with Crippen molar-refractivity contribution in [1.82, 2.24) is 9.97 Å². The second-order valence-electron chi connectivity index (χ2n) is 7.37. The van der Waals surface area contributed by atoms with Crippen molar-refractivity contribution in [2.45, 2.75) is 38.7 Å². The minimum Gasteiger partial charge on any atom is -0.490 e. The van der Waals surface area contributed by atoms with Crippen molar-refractivity contribution < 1.29 is 17.9 Å². The van der Waals surface area contributed by atoms with Crippen LogP contribution in [0.2, 0.25) is 0 Å². The van der Waals surface area contributed by atoms with Gasteiger partial charge in [0.25, 0.3) is 15.9 Å². The lowest BCUT2D eigenvalue weighted by Gasteiger charge is -2.15. The highest BCUT2D eigenvalue weighted by Gasteiger charge is 2.18. The number of aryl methyl sites for hydroxylation is 2. The maximum Gasteiger partial charge on any atom is 0.264 e. The number of hydrogen-bond acceptors (Lipinski definition) is 6. The van der Waals surface area contributed by atoms with Crippen LogP contribution in [-0.4, -0.2) is 30.4 Å². The van der Waals surface area contributed by atoms with E-state index in [1.807, 2.05) is 13.8 Å². The Morgan fingerprint density at radius 2 is 1.62 bits per heavy atom. The zero-order chi connectivity index (χ0) is 23.5. The molecule has 0 atom stereocenters. The first kappa shape index (κ1) is 23.7. The van der Waals surface area contributed by atoms with E-state index in [0.29, 0.717) is 28.4 Å². The Balaban J connectivity index is 1.77. The van der Waals surface area contributed by atoms with Crippen molar-refractivity contribution in [3.8, 4) is 5.75 Å². The van der Waals surface area contributed by atoms with E-state index in [1.54, 1.807) is 38.1 Å². The highest BCUT2D eigenvalue weighted by Crippen LogP contribution is 2.26. The van der Waals surface area contributed by atoms with Gasteiger partial charge in [0.05, 0.1) is 16.6 Å². The average Bonchev–Trinajstić information content (AvgIpc) is 2.68. The Labute approximate surface area is 195 Å². The van der Waals surface area contributed by atoms with E-state index in [4.69, 9.17) is 4.74 Å². The number of nitrogens with zero attached hydrogens (tertiary/aromatic N) is 2. The van der Waals surface area contributed by atoms with Crippen LogP contribution in [-0.2, 0) is 10.0 Å². The van der Waals surface area contributed by atoms with Gasteiger partial charge in [-0.2, -0.15) is 0 Å². The monoisotopic (exact) mass is 518 g/mol. The molecule has 1 heterocycles. The fourth-order valence-corrected chi connectivity index (χ4v) is 4.21. The predicted molar refractivity (Wildman–Crippen MR) is 127 cm³/mol. The Bertz CT molecular complexity index is 1230. The van der Waals surface area contributed by atoms with Crippen molar-refractivity contribution in [2.75, 3.05) is 10.0 Å². The van der Waals surface area contributed by atoms with Crippen LogP contribution in [0.3, 0.4) is 0 Å². The molecule has 0 bridgehead atoms. The summed E-state index contributed by atoms with van der Waals surface area (Å²) in [5.41, 5.74) is 2.11. The molecule has 8 nitrogen and oxygen atoms in total. The number of sulfonamides is 1. The number of amides is 1. The molecule has 0 unspecified atom stereocenters. The van der Waals surface area contributed by atoms with Crippen molar-refractivity contribution in [1.29, 1.82) is 0 Å². The number of aromatic nitrogens is 2. The molecular weight excluding hydrogens is 496 g/mol. The van der Waals surface area contributed by atoms with Crippen LogP contribution < -0.4 is 14.8 Å². The number of ether oxygens (including phenoxy) is 1. The average molecular weight is 519 g/mol. The van der Waals surface area contributed by atoms with Gasteiger partial charge in [-0.3, -0.25) is 4.79 Å². The highest BCUT2D eigenvalue weighted by molar-refractivity contribution is 9.10. The minimum absolute atomic E-state index is 0.00668. The molecule has 0 spiro atoms. The Kier molecular flexibility index (Phi) is 7.15. The van der Waals surface area contributed by atoms with Crippen LogP contribution in [0.25, 0.3) is 0 Å². The molecule has 2 N–H and O–H groups in total. The van der Waals surface area contributed by atoms with Gasteiger partial charge in [0, 0.05) is 21.5 Å². The van der Waals surface area contributed by atoms with Gasteiger partial charge < -0.3 is 10.1 Å². The van der Waals surface area contributed by atoms with Crippen molar-refractivity contribution in [2.24, 2.45) is 0 Å². The molecule has 0 fully saturated rings. The first-order valence-electron chi connectivity index (χ1n) is 9.76. The van der Waals surface area contributed by atoms with Gasteiger partial charge >= 0.3 is 0 Å². The molecule has 32 heavy (non-hydrogen) atoms. The standard InChI is InChI=1S/C22H23BrN4O4S/c1-13(2)31-20-10-5-16(23)12-19(20)21(28)26-17-6-8-18(9-7-17)32(29,30)27-22-24-14(3)11-15(4)25-22/h5-13H,1-4H3,(H,26,28)(H,24,25,27). The molecule has 10 heteroatoms. The predicted octanol–water partition coefficient (Wildman–Crippen LogP) is 4.70. The third kappa shape index (κ3) is 6.04. The summed E-state index contributed by atoms with van der Waals surface area (Å²) in [4.78, 5) is 21.0. The minimum atomic E-state index is -3.88. The molecule has 168 valence electrons.